The average Bonchev–Trinajstić information content (AvgIpc) is 2.48. The first kappa shape index (κ1) is 16.7. The summed E-state index contributed by atoms with van der Waals surface area (Å²) in [7, 11) is 5.55. The van der Waals surface area contributed by atoms with Gasteiger partial charge in [-0.2, -0.15) is 11.8 Å². The quantitative estimate of drug-likeness (QED) is 0.476. The molecule has 0 saturated heterocycles. The van der Waals surface area contributed by atoms with Gasteiger partial charge in [0, 0.05) is 27.2 Å². The molecule has 1 aromatic rings. The van der Waals surface area contributed by atoms with Gasteiger partial charge in [-0.05, 0) is 36.1 Å². The number of guanidine groups is 1. The van der Waals surface area contributed by atoms with Gasteiger partial charge in [0.05, 0.1) is 7.11 Å². The van der Waals surface area contributed by atoms with Crippen molar-refractivity contribution in [2.75, 3.05) is 39.8 Å². The van der Waals surface area contributed by atoms with E-state index in [-0.39, 0.29) is 0 Å². The molecular weight excluding hydrogens is 270 g/mol. The Morgan fingerprint density at radius 2 is 2.05 bits per heavy atom. The number of ether oxygens (including phenoxy) is 1. The smallest absolute Gasteiger partial charge is 0.193 e. The van der Waals surface area contributed by atoms with Crippen molar-refractivity contribution in [3.8, 4) is 5.75 Å². The Labute approximate surface area is 126 Å². The van der Waals surface area contributed by atoms with Gasteiger partial charge in [-0.25, -0.2) is 0 Å². The number of benzene rings is 1. The third-order valence-electron chi connectivity index (χ3n) is 2.96. The third-order valence-corrected chi connectivity index (χ3v) is 3.66. The van der Waals surface area contributed by atoms with Crippen LogP contribution in [0.1, 0.15) is 12.0 Å². The van der Waals surface area contributed by atoms with E-state index in [2.05, 4.69) is 33.6 Å². The lowest BCUT2D eigenvalue weighted by Gasteiger charge is -2.22. The summed E-state index contributed by atoms with van der Waals surface area (Å²) in [6.07, 6.45) is 3.28. The van der Waals surface area contributed by atoms with E-state index < -0.39 is 0 Å². The van der Waals surface area contributed by atoms with E-state index >= 15 is 0 Å². The topological polar surface area (TPSA) is 36.9 Å². The van der Waals surface area contributed by atoms with Gasteiger partial charge in [0.1, 0.15) is 5.75 Å². The van der Waals surface area contributed by atoms with Crippen molar-refractivity contribution in [2.45, 2.75) is 13.0 Å². The SMILES string of the molecule is CN=C(NCCCSC)N(C)Cc1ccc(OC)cc1. The Balaban J connectivity index is 2.47. The minimum atomic E-state index is 0.826. The van der Waals surface area contributed by atoms with Crippen molar-refractivity contribution >= 4 is 17.7 Å². The molecule has 1 rings (SSSR count). The number of nitrogens with zero attached hydrogens (tertiary/aromatic N) is 2. The van der Waals surface area contributed by atoms with Crippen LogP contribution in [0.3, 0.4) is 0 Å². The fourth-order valence-corrected chi connectivity index (χ4v) is 2.31. The maximum Gasteiger partial charge on any atom is 0.193 e. The Kier molecular flexibility index (Phi) is 7.95. The minimum Gasteiger partial charge on any atom is -0.497 e. The molecule has 20 heavy (non-hydrogen) atoms. The first-order valence-corrected chi connectivity index (χ1v) is 8.14. The minimum absolute atomic E-state index is 0.826. The number of aliphatic imine (C=N–C) groups is 1. The predicted molar refractivity (Wildman–Crippen MR) is 88.8 cm³/mol. The van der Waals surface area contributed by atoms with Gasteiger partial charge in [0.15, 0.2) is 5.96 Å². The van der Waals surface area contributed by atoms with Crippen LogP contribution in [-0.4, -0.2) is 50.6 Å². The van der Waals surface area contributed by atoms with Crippen molar-refractivity contribution in [3.05, 3.63) is 29.8 Å². The molecule has 0 radical (unpaired) electrons. The second-order valence-corrected chi connectivity index (χ2v) is 5.51. The lowest BCUT2D eigenvalue weighted by Crippen LogP contribution is -2.39. The second kappa shape index (κ2) is 9.53. The maximum atomic E-state index is 5.17. The Morgan fingerprint density at radius 3 is 2.60 bits per heavy atom. The highest BCUT2D eigenvalue weighted by Crippen LogP contribution is 2.12. The fraction of sp³-hybridized carbons (Fsp3) is 0.533. The van der Waals surface area contributed by atoms with E-state index in [0.717, 1.165) is 31.2 Å². The van der Waals surface area contributed by atoms with Crippen LogP contribution in [0.5, 0.6) is 5.75 Å². The molecule has 0 atom stereocenters. The van der Waals surface area contributed by atoms with Gasteiger partial charge in [0.2, 0.25) is 0 Å². The van der Waals surface area contributed by atoms with Gasteiger partial charge in [-0.3, -0.25) is 4.99 Å². The molecule has 0 spiro atoms. The van der Waals surface area contributed by atoms with Crippen LogP contribution in [0.4, 0.5) is 0 Å². The van der Waals surface area contributed by atoms with Crippen LogP contribution in [0.15, 0.2) is 29.3 Å². The highest BCUT2D eigenvalue weighted by molar-refractivity contribution is 7.98. The molecule has 0 aliphatic rings. The Morgan fingerprint density at radius 1 is 1.35 bits per heavy atom. The average molecular weight is 295 g/mol. The zero-order valence-corrected chi connectivity index (χ0v) is 13.7. The highest BCUT2D eigenvalue weighted by Gasteiger charge is 2.06. The third kappa shape index (κ3) is 5.74. The van der Waals surface area contributed by atoms with Gasteiger partial charge in [-0.15, -0.1) is 0 Å². The summed E-state index contributed by atoms with van der Waals surface area (Å²) in [5, 5.41) is 3.38. The molecule has 0 unspecified atom stereocenters. The molecular formula is C15H25N3OS. The van der Waals surface area contributed by atoms with Crippen molar-refractivity contribution in [1.29, 1.82) is 0 Å². The summed E-state index contributed by atoms with van der Waals surface area (Å²) in [6, 6.07) is 8.13. The van der Waals surface area contributed by atoms with Crippen LogP contribution >= 0.6 is 11.8 Å². The summed E-state index contributed by atoms with van der Waals surface area (Å²) in [6.45, 7) is 1.78. The van der Waals surface area contributed by atoms with Gasteiger partial charge in [0.25, 0.3) is 0 Å². The van der Waals surface area contributed by atoms with Crippen molar-refractivity contribution in [3.63, 3.8) is 0 Å². The van der Waals surface area contributed by atoms with E-state index in [4.69, 9.17) is 4.74 Å². The number of hydrogen-bond acceptors (Lipinski definition) is 3. The Bertz CT molecular complexity index is 406. The van der Waals surface area contributed by atoms with Crippen molar-refractivity contribution in [1.82, 2.24) is 10.2 Å². The van der Waals surface area contributed by atoms with Crippen LogP contribution < -0.4 is 10.1 Å². The summed E-state index contributed by atoms with van der Waals surface area (Å²) in [5.74, 6) is 2.99. The van der Waals surface area contributed by atoms with E-state index in [1.165, 1.54) is 11.3 Å². The molecule has 4 nitrogen and oxygen atoms in total. The molecule has 0 amide bonds. The van der Waals surface area contributed by atoms with E-state index in [0.29, 0.717) is 0 Å². The summed E-state index contributed by atoms with van der Waals surface area (Å²) in [5.41, 5.74) is 1.24. The first-order chi connectivity index (χ1) is 9.71. The maximum absolute atomic E-state index is 5.17. The summed E-state index contributed by atoms with van der Waals surface area (Å²) >= 11 is 1.87. The molecule has 0 fully saturated rings. The number of nitrogens with one attached hydrogen (secondary N) is 1. The largest absolute Gasteiger partial charge is 0.497 e. The molecule has 112 valence electrons. The second-order valence-electron chi connectivity index (χ2n) is 4.52. The van der Waals surface area contributed by atoms with Crippen LogP contribution in [0.25, 0.3) is 0 Å². The van der Waals surface area contributed by atoms with Crippen molar-refractivity contribution < 1.29 is 4.74 Å². The van der Waals surface area contributed by atoms with Gasteiger partial charge in [-0.1, -0.05) is 12.1 Å². The van der Waals surface area contributed by atoms with Crippen LogP contribution in [0.2, 0.25) is 0 Å². The zero-order chi connectivity index (χ0) is 14.8. The Hall–Kier alpha value is -1.36. The predicted octanol–water partition coefficient (Wildman–Crippen LogP) is 2.46. The summed E-state index contributed by atoms with van der Waals surface area (Å²) < 4.78 is 5.17. The molecule has 5 heteroatoms. The molecule has 0 aliphatic carbocycles. The number of thioether (sulfide) groups is 1. The molecule has 0 heterocycles. The number of methoxy groups -OCH3 is 1. The normalized spacial score (nSPS) is 11.3. The van der Waals surface area contributed by atoms with Gasteiger partial charge >= 0.3 is 0 Å². The number of rotatable bonds is 7. The lowest BCUT2D eigenvalue weighted by atomic mass is 10.2. The molecule has 0 bridgehead atoms. The molecule has 0 saturated carbocycles. The lowest BCUT2D eigenvalue weighted by molar-refractivity contribution is 0.414. The standard InChI is InChI=1S/C15H25N3OS/c1-16-15(17-10-5-11-20-4)18(2)12-13-6-8-14(19-3)9-7-13/h6-9H,5,10-12H2,1-4H3,(H,16,17). The summed E-state index contributed by atoms with van der Waals surface area (Å²) in [4.78, 5) is 6.44. The number of hydrogen-bond donors (Lipinski definition) is 1. The van der Waals surface area contributed by atoms with E-state index in [1.807, 2.05) is 38.0 Å². The highest BCUT2D eigenvalue weighted by atomic mass is 32.2. The molecule has 1 N–H and O–H groups in total. The molecule has 1 aromatic carbocycles. The fourth-order valence-electron chi connectivity index (χ4n) is 1.88. The van der Waals surface area contributed by atoms with Crippen molar-refractivity contribution in [2.24, 2.45) is 4.99 Å². The van der Waals surface area contributed by atoms with E-state index in [1.54, 1.807) is 7.11 Å². The molecule has 0 aromatic heterocycles. The monoisotopic (exact) mass is 295 g/mol. The first-order valence-electron chi connectivity index (χ1n) is 6.75. The molecule has 0 aliphatic heterocycles. The van der Waals surface area contributed by atoms with Crippen LogP contribution in [-0.2, 0) is 6.54 Å². The zero-order valence-electron chi connectivity index (χ0n) is 12.8. The van der Waals surface area contributed by atoms with Crippen LogP contribution in [0, 0.1) is 0 Å². The van der Waals surface area contributed by atoms with E-state index in [9.17, 15) is 0 Å². The van der Waals surface area contributed by atoms with Gasteiger partial charge < -0.3 is 15.0 Å².